The molecule has 7 aromatic rings. The van der Waals surface area contributed by atoms with E-state index in [1.54, 1.807) is 0 Å². The first kappa shape index (κ1) is 23.1. The summed E-state index contributed by atoms with van der Waals surface area (Å²) in [6.45, 7) is 4.89. The molecule has 0 amide bonds. The first-order valence-corrected chi connectivity index (χ1v) is 17.5. The monoisotopic (exact) mass is 530 g/mol. The predicted octanol–water partition coefficient (Wildman–Crippen LogP) is 7.44. The van der Waals surface area contributed by atoms with Crippen LogP contribution in [0.4, 0.5) is 0 Å². The van der Waals surface area contributed by atoms with Gasteiger partial charge in [-0.25, -0.2) is 0 Å². The van der Waals surface area contributed by atoms with Gasteiger partial charge in [0.05, 0.1) is 0 Å². The zero-order valence-electron chi connectivity index (χ0n) is 22.5. The Morgan fingerprint density at radius 1 is 0.575 bits per heavy atom. The molecule has 8 rings (SSSR count). The van der Waals surface area contributed by atoms with Gasteiger partial charge in [-0.1, -0.05) is 0 Å². The van der Waals surface area contributed by atoms with Crippen LogP contribution < -0.4 is 10.5 Å². The number of nitrogens with zero attached hydrogens (tertiary/aromatic N) is 3. The van der Waals surface area contributed by atoms with Crippen LogP contribution in [0.15, 0.2) is 127 Å². The number of fused-ring (bicyclic) bond motifs is 6. The zero-order valence-corrected chi connectivity index (χ0v) is 23.7. The van der Waals surface area contributed by atoms with E-state index in [-0.39, 0.29) is 0 Å². The number of benzene rings is 5. The fourth-order valence-corrected chi connectivity index (χ4v) is 10.0. The molecule has 5 aromatic carbocycles. The molecule has 0 unspecified atom stereocenters. The van der Waals surface area contributed by atoms with Crippen LogP contribution in [0.5, 0.6) is 0 Å². The van der Waals surface area contributed by atoms with Crippen molar-refractivity contribution < 1.29 is 0 Å². The van der Waals surface area contributed by atoms with E-state index in [0.29, 0.717) is 0 Å². The first-order chi connectivity index (χ1) is 19.6. The molecule has 0 N–H and O–H groups in total. The molecule has 0 spiro atoms. The number of hydrogen-bond donors (Lipinski definition) is 0. The van der Waals surface area contributed by atoms with E-state index < -0.39 is 8.07 Å². The molecule has 2 aromatic heterocycles. The number of rotatable bonds is 3. The molecular formula is C36H28N3Si-. The maximum atomic E-state index is 5.32. The van der Waals surface area contributed by atoms with Crippen molar-refractivity contribution in [2.24, 2.45) is 0 Å². The Morgan fingerprint density at radius 3 is 2.08 bits per heavy atom. The molecule has 0 radical (unpaired) electrons. The van der Waals surface area contributed by atoms with E-state index in [1.807, 2.05) is 6.07 Å². The van der Waals surface area contributed by atoms with Gasteiger partial charge in [-0.3, -0.25) is 0 Å². The minimum atomic E-state index is -2.37. The van der Waals surface area contributed by atoms with Gasteiger partial charge in [0.15, 0.2) is 0 Å². The van der Waals surface area contributed by atoms with Gasteiger partial charge in [0.25, 0.3) is 0 Å². The molecule has 0 atom stereocenters. The van der Waals surface area contributed by atoms with Crippen molar-refractivity contribution in [2.45, 2.75) is 13.1 Å². The fraction of sp³-hybridized carbons (Fsp3) is 0.0556. The Kier molecular flexibility index (Phi) is 4.97. The van der Waals surface area contributed by atoms with Crippen LogP contribution in [0.25, 0.3) is 61.3 Å². The maximum absolute atomic E-state index is 5.32. The van der Waals surface area contributed by atoms with Crippen LogP contribution >= 0.6 is 0 Å². The molecule has 0 saturated heterocycles. The number of aromatic nitrogens is 3. The van der Waals surface area contributed by atoms with Crippen molar-refractivity contribution in [3.8, 4) is 39.5 Å². The molecule has 0 aliphatic carbocycles. The van der Waals surface area contributed by atoms with Crippen molar-refractivity contribution in [1.82, 2.24) is 14.5 Å². The normalized spacial score (nSPS) is 14.2. The van der Waals surface area contributed by atoms with Crippen LogP contribution in [0, 0.1) is 0 Å². The molecule has 0 bridgehead atoms. The molecule has 0 saturated carbocycles. The molecule has 1 aliphatic rings. The molecule has 3 heterocycles. The molecule has 40 heavy (non-hydrogen) atoms. The van der Waals surface area contributed by atoms with Gasteiger partial charge < -0.3 is 0 Å². The Bertz CT molecular complexity index is 2080. The summed E-state index contributed by atoms with van der Waals surface area (Å²) < 4.78 is 2.38. The first-order valence-electron chi connectivity index (χ1n) is 14.0. The van der Waals surface area contributed by atoms with Crippen molar-refractivity contribution in [2.75, 3.05) is 0 Å². The SMILES string of the molecule is C[SiH-]1(C)c2ccccc2-c2c(-c3ccc4c5ccccc5n(-c5ccccc5)c4c3)nc(-c3ccccc3)nc21. The summed E-state index contributed by atoms with van der Waals surface area (Å²) in [4.78, 5) is 10.6. The second kappa shape index (κ2) is 8.60. The van der Waals surface area contributed by atoms with Crippen molar-refractivity contribution in [3.05, 3.63) is 127 Å². The van der Waals surface area contributed by atoms with Crippen LogP contribution in [0.1, 0.15) is 0 Å². The molecule has 4 heteroatoms. The fourth-order valence-electron chi connectivity index (χ4n) is 6.67. The molecule has 0 fully saturated rings. The standard InChI is InChI=1S/C36H28N3Si/c1-40(2)32-20-12-10-18-29(32)33-34(37-35(38-36(33)40)24-13-5-3-6-14-24)25-21-22-28-27-17-9-11-19-30(27)39(31(28)23-25)26-15-7-4-8-16-26/h3-23,40H,1-2H3/q-1. The van der Waals surface area contributed by atoms with Gasteiger partial charge >= 0.3 is 235 Å². The van der Waals surface area contributed by atoms with Crippen LogP contribution in [0.2, 0.25) is 13.1 Å². The Balaban J connectivity index is 1.46. The summed E-state index contributed by atoms with van der Waals surface area (Å²) >= 11 is 0. The summed E-state index contributed by atoms with van der Waals surface area (Å²) in [5.41, 5.74) is 9.25. The van der Waals surface area contributed by atoms with Gasteiger partial charge in [-0.05, 0) is 0 Å². The van der Waals surface area contributed by atoms with Crippen LogP contribution in [-0.4, -0.2) is 22.6 Å². The summed E-state index contributed by atoms with van der Waals surface area (Å²) in [5.74, 6) is 0.805. The van der Waals surface area contributed by atoms with Gasteiger partial charge in [0, 0.05) is 0 Å². The Hall–Kier alpha value is -4.80. The van der Waals surface area contributed by atoms with E-state index in [2.05, 4.69) is 139 Å². The van der Waals surface area contributed by atoms with Crippen LogP contribution in [0.3, 0.4) is 0 Å². The summed E-state index contributed by atoms with van der Waals surface area (Å²) in [6, 6.07) is 45.5. The van der Waals surface area contributed by atoms with Crippen molar-refractivity contribution in [3.63, 3.8) is 0 Å². The van der Waals surface area contributed by atoms with Gasteiger partial charge in [-0.15, -0.1) is 0 Å². The minimum absolute atomic E-state index is 0.805. The van der Waals surface area contributed by atoms with E-state index in [4.69, 9.17) is 9.97 Å². The Morgan fingerprint density at radius 2 is 1.25 bits per heavy atom. The van der Waals surface area contributed by atoms with Gasteiger partial charge in [-0.2, -0.15) is 0 Å². The number of hydrogen-bond acceptors (Lipinski definition) is 2. The van der Waals surface area contributed by atoms with Crippen molar-refractivity contribution in [1.29, 1.82) is 0 Å². The quantitative estimate of drug-likeness (QED) is 0.222. The third-order valence-corrected chi connectivity index (χ3v) is 12.5. The van der Waals surface area contributed by atoms with Crippen molar-refractivity contribution >= 4 is 40.4 Å². The average Bonchev–Trinajstić information content (AvgIpc) is 3.46. The second-order valence-corrected chi connectivity index (χ2v) is 16.3. The third kappa shape index (κ3) is 3.29. The van der Waals surface area contributed by atoms with E-state index in [0.717, 1.165) is 28.3 Å². The zero-order chi connectivity index (χ0) is 26.8. The Labute approximate surface area is 234 Å². The van der Waals surface area contributed by atoms with Gasteiger partial charge in [0.1, 0.15) is 0 Å². The summed E-state index contributed by atoms with van der Waals surface area (Å²) in [7, 11) is -2.37. The molecule has 192 valence electrons. The summed E-state index contributed by atoms with van der Waals surface area (Å²) in [5, 5.41) is 5.21. The van der Waals surface area contributed by atoms with E-state index >= 15 is 0 Å². The molecular weight excluding hydrogens is 503 g/mol. The molecule has 3 nitrogen and oxygen atoms in total. The van der Waals surface area contributed by atoms with E-state index in [9.17, 15) is 0 Å². The van der Waals surface area contributed by atoms with E-state index in [1.165, 1.54) is 43.4 Å². The third-order valence-electron chi connectivity index (χ3n) is 8.62. The average molecular weight is 531 g/mol. The van der Waals surface area contributed by atoms with Crippen LogP contribution in [-0.2, 0) is 0 Å². The summed E-state index contributed by atoms with van der Waals surface area (Å²) in [6.07, 6.45) is 0. The second-order valence-electron chi connectivity index (χ2n) is 11.4. The number of para-hydroxylation sites is 2. The topological polar surface area (TPSA) is 30.7 Å². The molecule has 1 aliphatic heterocycles. The predicted molar refractivity (Wildman–Crippen MR) is 171 cm³/mol. The van der Waals surface area contributed by atoms with Gasteiger partial charge in [0.2, 0.25) is 0 Å².